The lowest BCUT2D eigenvalue weighted by Gasteiger charge is -2.37. The van der Waals surface area contributed by atoms with Crippen LogP contribution in [0.4, 0.5) is 10.1 Å². The topological polar surface area (TPSA) is 137 Å². The number of aromatic nitrogens is 2. The molecule has 2 amide bonds. The van der Waals surface area contributed by atoms with Crippen LogP contribution in [0.25, 0.3) is 0 Å². The number of nitrogens with zero attached hydrogens (tertiary/aromatic N) is 4. The molecule has 1 saturated heterocycles. The van der Waals surface area contributed by atoms with Gasteiger partial charge >= 0.3 is 11.7 Å². The Morgan fingerprint density at radius 3 is 2.71 bits per heavy atom. The fraction of sp³-hybridized carbons (Fsp3) is 0.684. The van der Waals surface area contributed by atoms with Crippen molar-refractivity contribution >= 4 is 23.5 Å². The van der Waals surface area contributed by atoms with Crippen LogP contribution in [0.15, 0.2) is 12.4 Å². The van der Waals surface area contributed by atoms with Crippen molar-refractivity contribution in [1.82, 2.24) is 20.0 Å². The van der Waals surface area contributed by atoms with Crippen LogP contribution in [0.2, 0.25) is 0 Å². The average Bonchev–Trinajstić information content (AvgIpc) is 3.39. The SMILES string of the molecule is CCCOC(=O)C(C)(C)NC(=O)[C@H]1C2CC(F)C(C2)N1C(=O)Cn1cc([N+](=O)[O-])cn1. The summed E-state index contributed by atoms with van der Waals surface area (Å²) >= 11 is 0. The first-order valence-electron chi connectivity index (χ1n) is 10.2. The van der Waals surface area contributed by atoms with Gasteiger partial charge in [-0.2, -0.15) is 5.10 Å². The Labute approximate surface area is 178 Å². The zero-order valence-electron chi connectivity index (χ0n) is 17.6. The molecule has 2 aliphatic rings. The molecule has 1 aliphatic heterocycles. The maximum Gasteiger partial charge on any atom is 0.331 e. The average molecular weight is 439 g/mol. The number of nitro groups is 1. The smallest absolute Gasteiger partial charge is 0.331 e. The number of nitrogens with one attached hydrogen (secondary N) is 1. The molecule has 1 N–H and O–H groups in total. The minimum Gasteiger partial charge on any atom is -0.464 e. The second-order valence-corrected chi connectivity index (χ2v) is 8.46. The van der Waals surface area contributed by atoms with E-state index >= 15 is 0 Å². The standard InChI is InChI=1S/C19H26FN5O6/c1-4-5-31-18(28)19(2,3)22-17(27)16-11-6-13(20)14(7-11)24(16)15(26)10-23-9-12(8-21-23)25(29)30/h8-9,11,13-14,16H,4-7,10H2,1-3H3,(H,22,27)/t11?,13?,14?,16-/m1/s1. The van der Waals surface area contributed by atoms with Crippen LogP contribution < -0.4 is 5.32 Å². The molecular weight excluding hydrogens is 413 g/mol. The molecule has 0 aromatic carbocycles. The molecule has 3 unspecified atom stereocenters. The Morgan fingerprint density at radius 1 is 1.39 bits per heavy atom. The van der Waals surface area contributed by atoms with Crippen LogP contribution >= 0.6 is 0 Å². The van der Waals surface area contributed by atoms with E-state index in [1.54, 1.807) is 0 Å². The highest BCUT2D eigenvalue weighted by Crippen LogP contribution is 2.44. The van der Waals surface area contributed by atoms with E-state index < -0.39 is 46.5 Å². The van der Waals surface area contributed by atoms with Crippen molar-refractivity contribution in [2.24, 2.45) is 5.92 Å². The van der Waals surface area contributed by atoms with E-state index in [0.29, 0.717) is 12.8 Å². The van der Waals surface area contributed by atoms with E-state index in [0.717, 1.165) is 17.1 Å². The lowest BCUT2D eigenvalue weighted by molar-refractivity contribution is -0.385. The molecule has 1 aromatic rings. The summed E-state index contributed by atoms with van der Waals surface area (Å²) in [6.45, 7) is 4.71. The molecule has 1 saturated carbocycles. The van der Waals surface area contributed by atoms with Gasteiger partial charge in [0.25, 0.3) is 0 Å². The first kappa shape index (κ1) is 22.6. The van der Waals surface area contributed by atoms with E-state index in [9.17, 15) is 28.9 Å². The summed E-state index contributed by atoms with van der Waals surface area (Å²) in [5.74, 6) is -2.11. The second kappa shape index (κ2) is 8.60. The van der Waals surface area contributed by atoms with Gasteiger partial charge in [-0.05, 0) is 39.0 Å². The summed E-state index contributed by atoms with van der Waals surface area (Å²) in [6.07, 6.45) is 1.98. The number of carbonyl (C=O) groups is 3. The molecule has 2 fully saturated rings. The van der Waals surface area contributed by atoms with Gasteiger partial charge in [0.1, 0.15) is 36.7 Å². The molecule has 2 bridgehead atoms. The number of hydrogen-bond acceptors (Lipinski definition) is 7. The Hall–Kier alpha value is -3.05. The number of ether oxygens (including phenoxy) is 1. The molecule has 2 heterocycles. The molecule has 3 rings (SSSR count). The third kappa shape index (κ3) is 4.52. The highest BCUT2D eigenvalue weighted by atomic mass is 19.1. The maximum atomic E-state index is 14.4. The van der Waals surface area contributed by atoms with Crippen molar-refractivity contribution in [3.05, 3.63) is 22.5 Å². The van der Waals surface area contributed by atoms with Gasteiger partial charge in [0.15, 0.2) is 0 Å². The monoisotopic (exact) mass is 439 g/mol. The number of piperidine rings is 1. The fourth-order valence-electron chi connectivity index (χ4n) is 4.22. The Morgan fingerprint density at radius 2 is 2.10 bits per heavy atom. The minimum absolute atomic E-state index is 0.153. The zero-order chi connectivity index (χ0) is 22.9. The molecule has 0 radical (unpaired) electrons. The molecule has 1 aromatic heterocycles. The number of halogens is 1. The number of rotatable bonds is 8. The quantitative estimate of drug-likeness (QED) is 0.362. The summed E-state index contributed by atoms with van der Waals surface area (Å²) < 4.78 is 20.6. The Bertz CT molecular complexity index is 887. The van der Waals surface area contributed by atoms with Gasteiger partial charge in [-0.15, -0.1) is 0 Å². The Kier molecular flexibility index (Phi) is 6.27. The predicted molar refractivity (Wildman–Crippen MR) is 104 cm³/mol. The van der Waals surface area contributed by atoms with E-state index in [4.69, 9.17) is 4.74 Å². The zero-order valence-corrected chi connectivity index (χ0v) is 17.6. The van der Waals surface area contributed by atoms with Crippen LogP contribution in [-0.2, 0) is 25.7 Å². The maximum absolute atomic E-state index is 14.4. The van der Waals surface area contributed by atoms with E-state index in [1.807, 2.05) is 6.92 Å². The van der Waals surface area contributed by atoms with Gasteiger partial charge < -0.3 is 15.0 Å². The molecule has 4 atom stereocenters. The van der Waals surface area contributed by atoms with Crippen LogP contribution in [0.5, 0.6) is 0 Å². The molecule has 170 valence electrons. The van der Waals surface area contributed by atoms with Gasteiger partial charge in [-0.3, -0.25) is 24.4 Å². The van der Waals surface area contributed by atoms with E-state index in [-0.39, 0.29) is 31.2 Å². The summed E-state index contributed by atoms with van der Waals surface area (Å²) in [4.78, 5) is 49.6. The highest BCUT2D eigenvalue weighted by molar-refractivity contribution is 5.93. The second-order valence-electron chi connectivity index (χ2n) is 8.46. The summed E-state index contributed by atoms with van der Waals surface area (Å²) in [5.41, 5.74) is -1.60. The van der Waals surface area contributed by atoms with E-state index in [1.165, 1.54) is 18.7 Å². The largest absolute Gasteiger partial charge is 0.464 e. The molecule has 0 spiro atoms. The number of amides is 2. The predicted octanol–water partition coefficient (Wildman–Crippen LogP) is 0.967. The first-order valence-corrected chi connectivity index (χ1v) is 10.2. The van der Waals surface area contributed by atoms with Crippen molar-refractivity contribution in [3.8, 4) is 0 Å². The van der Waals surface area contributed by atoms with Crippen molar-refractivity contribution in [1.29, 1.82) is 0 Å². The van der Waals surface area contributed by atoms with Crippen LogP contribution in [-0.4, -0.2) is 67.8 Å². The fourth-order valence-corrected chi connectivity index (χ4v) is 4.22. The lowest BCUT2D eigenvalue weighted by Crippen LogP contribution is -2.60. The highest BCUT2D eigenvalue weighted by Gasteiger charge is 2.56. The van der Waals surface area contributed by atoms with Crippen molar-refractivity contribution in [2.75, 3.05) is 6.61 Å². The van der Waals surface area contributed by atoms with Crippen molar-refractivity contribution < 1.29 is 28.4 Å². The normalized spacial score (nSPS) is 24.8. The van der Waals surface area contributed by atoms with Gasteiger partial charge in [0, 0.05) is 0 Å². The molecular formula is C19H26FN5O6. The number of likely N-dealkylation sites (tertiary alicyclic amines) is 1. The van der Waals surface area contributed by atoms with Gasteiger partial charge in [0.05, 0.1) is 17.6 Å². The number of alkyl halides is 1. The first-order chi connectivity index (χ1) is 14.5. The van der Waals surface area contributed by atoms with Crippen LogP contribution in [0, 0.1) is 16.0 Å². The van der Waals surface area contributed by atoms with Gasteiger partial charge in [-0.1, -0.05) is 6.92 Å². The van der Waals surface area contributed by atoms with E-state index in [2.05, 4.69) is 10.4 Å². The third-order valence-electron chi connectivity index (χ3n) is 5.66. The molecule has 12 heteroatoms. The number of hydrogen-bond donors (Lipinski definition) is 1. The summed E-state index contributed by atoms with van der Waals surface area (Å²) in [5, 5.41) is 17.2. The molecule has 1 aliphatic carbocycles. The lowest BCUT2D eigenvalue weighted by atomic mass is 9.95. The minimum atomic E-state index is -1.32. The van der Waals surface area contributed by atoms with Crippen LogP contribution in [0.1, 0.15) is 40.0 Å². The number of fused-ring (bicyclic) bond motifs is 2. The van der Waals surface area contributed by atoms with Crippen molar-refractivity contribution in [3.63, 3.8) is 0 Å². The van der Waals surface area contributed by atoms with Crippen molar-refractivity contribution in [2.45, 2.75) is 70.4 Å². The molecule has 11 nitrogen and oxygen atoms in total. The Balaban J connectivity index is 1.75. The summed E-state index contributed by atoms with van der Waals surface area (Å²) in [7, 11) is 0. The number of carbonyl (C=O) groups excluding carboxylic acids is 3. The van der Waals surface area contributed by atoms with Crippen LogP contribution in [0.3, 0.4) is 0 Å². The number of esters is 1. The van der Waals surface area contributed by atoms with Gasteiger partial charge in [-0.25, -0.2) is 9.18 Å². The summed E-state index contributed by atoms with van der Waals surface area (Å²) in [6, 6.07) is -1.69. The third-order valence-corrected chi connectivity index (χ3v) is 5.66. The van der Waals surface area contributed by atoms with Gasteiger partial charge in [0.2, 0.25) is 11.8 Å². The molecule has 31 heavy (non-hydrogen) atoms.